The van der Waals surface area contributed by atoms with Gasteiger partial charge in [0.05, 0.1) is 0 Å². The average Bonchev–Trinajstić information content (AvgIpc) is 3.11. The molecule has 3 aromatic rings. The van der Waals surface area contributed by atoms with Crippen LogP contribution < -0.4 is 10.6 Å². The van der Waals surface area contributed by atoms with Crippen LogP contribution in [0.3, 0.4) is 0 Å². The molecule has 3 amide bonds. The van der Waals surface area contributed by atoms with Crippen molar-refractivity contribution in [2.45, 2.75) is 84.1 Å². The maximum atomic E-state index is 13.4. The van der Waals surface area contributed by atoms with Crippen molar-refractivity contribution in [1.82, 2.24) is 20.4 Å². The fourth-order valence-electron chi connectivity index (χ4n) is 5.43. The molecule has 9 heteroatoms. The van der Waals surface area contributed by atoms with Gasteiger partial charge < -0.3 is 25.0 Å². The summed E-state index contributed by atoms with van der Waals surface area (Å²) in [6, 6.07) is 27.5. The summed E-state index contributed by atoms with van der Waals surface area (Å²) in [6.07, 6.45) is 7.97. The smallest absolute Gasteiger partial charge is 0.411 e. The molecule has 0 heterocycles. The summed E-state index contributed by atoms with van der Waals surface area (Å²) in [6.45, 7) is 5.52. The molecule has 0 spiro atoms. The molecule has 0 aliphatic carbocycles. The fraction of sp³-hybridized carbons (Fsp3) is 0.462. The highest BCUT2D eigenvalue weighted by Crippen LogP contribution is 2.14. The summed E-state index contributed by atoms with van der Waals surface area (Å²) in [5.74, 6) is 0. The molecule has 0 saturated heterocycles. The Labute approximate surface area is 287 Å². The molecular formula is C39H54N4O5. The van der Waals surface area contributed by atoms with Gasteiger partial charge in [0, 0.05) is 19.5 Å². The van der Waals surface area contributed by atoms with E-state index in [1.807, 2.05) is 72.8 Å². The Bertz CT molecular complexity index is 1310. The van der Waals surface area contributed by atoms with Crippen LogP contribution in [0.5, 0.6) is 0 Å². The van der Waals surface area contributed by atoms with Crippen molar-refractivity contribution in [2.75, 3.05) is 33.2 Å². The second-order valence-corrected chi connectivity index (χ2v) is 12.2. The van der Waals surface area contributed by atoms with Gasteiger partial charge in [-0.2, -0.15) is 0 Å². The minimum absolute atomic E-state index is 0.167. The number of hydrogen-bond acceptors (Lipinski definition) is 6. The number of ether oxygens (including phenoxy) is 2. The van der Waals surface area contributed by atoms with Crippen LogP contribution in [-0.4, -0.2) is 67.8 Å². The van der Waals surface area contributed by atoms with Crippen LogP contribution in [0.4, 0.5) is 9.59 Å². The van der Waals surface area contributed by atoms with Crippen molar-refractivity contribution in [3.8, 4) is 0 Å². The van der Waals surface area contributed by atoms with E-state index in [4.69, 9.17) is 9.47 Å². The van der Waals surface area contributed by atoms with E-state index in [1.54, 1.807) is 4.90 Å². The molecule has 1 atom stereocenters. The van der Waals surface area contributed by atoms with Crippen molar-refractivity contribution >= 4 is 18.6 Å². The molecule has 0 saturated carbocycles. The fourth-order valence-corrected chi connectivity index (χ4v) is 5.43. The van der Waals surface area contributed by atoms with Crippen LogP contribution in [0.15, 0.2) is 84.9 Å². The van der Waals surface area contributed by atoms with Gasteiger partial charge in [0.2, 0.25) is 6.41 Å². The largest absolute Gasteiger partial charge is 0.445 e. The molecule has 0 bridgehead atoms. The van der Waals surface area contributed by atoms with Gasteiger partial charge >= 0.3 is 12.2 Å². The van der Waals surface area contributed by atoms with E-state index in [-0.39, 0.29) is 13.2 Å². The molecule has 3 rings (SSSR count). The van der Waals surface area contributed by atoms with Crippen molar-refractivity contribution in [2.24, 2.45) is 0 Å². The second kappa shape index (κ2) is 23.0. The van der Waals surface area contributed by atoms with Gasteiger partial charge in [0.15, 0.2) is 0 Å². The van der Waals surface area contributed by atoms with Gasteiger partial charge in [-0.3, -0.25) is 9.69 Å². The Morgan fingerprint density at radius 2 is 1.33 bits per heavy atom. The zero-order valence-electron chi connectivity index (χ0n) is 28.8. The molecule has 2 N–H and O–H groups in total. The normalized spacial score (nSPS) is 11.5. The van der Waals surface area contributed by atoms with Crippen LogP contribution in [0.25, 0.3) is 0 Å². The van der Waals surface area contributed by atoms with Crippen LogP contribution in [0.2, 0.25) is 0 Å². The molecule has 0 aliphatic heterocycles. The van der Waals surface area contributed by atoms with Crippen LogP contribution in [0, 0.1) is 0 Å². The molecule has 0 aromatic heterocycles. The Morgan fingerprint density at radius 3 is 1.98 bits per heavy atom. The van der Waals surface area contributed by atoms with Gasteiger partial charge in [-0.25, -0.2) is 9.59 Å². The maximum Gasteiger partial charge on any atom is 0.411 e. The Balaban J connectivity index is 1.49. The first-order valence-corrected chi connectivity index (χ1v) is 17.4. The number of unbranched alkanes of at least 4 members (excludes halogenated alkanes) is 4. The predicted octanol–water partition coefficient (Wildman–Crippen LogP) is 7.09. The Hall–Kier alpha value is -4.37. The van der Waals surface area contributed by atoms with E-state index >= 15 is 0 Å². The van der Waals surface area contributed by atoms with E-state index in [1.165, 1.54) is 31.2 Å². The number of benzene rings is 3. The summed E-state index contributed by atoms with van der Waals surface area (Å²) < 4.78 is 11.0. The average molecular weight is 659 g/mol. The van der Waals surface area contributed by atoms with Crippen molar-refractivity contribution in [1.29, 1.82) is 0 Å². The minimum atomic E-state index is -0.542. The summed E-state index contributed by atoms with van der Waals surface area (Å²) >= 11 is 0. The van der Waals surface area contributed by atoms with Gasteiger partial charge in [0.1, 0.15) is 19.4 Å². The standard InChI is InChI=1S/C39H54N4O5/c1-3-4-5-14-26-42(2)27-15-28-43(39(46)48-31-36-19-10-7-11-20-36)37(41-32-44)29-34-23-21-33(22-24-34)16-12-13-25-40-38(45)47-30-35-17-8-6-9-18-35/h6-11,17-24,32,37H,3-5,12-16,25-31H2,1-2H3,(H,40,45)(H,41,44)/t37-/m0/s1. The number of rotatable bonds is 23. The Kier molecular flexibility index (Phi) is 18.3. The minimum Gasteiger partial charge on any atom is -0.445 e. The highest BCUT2D eigenvalue weighted by Gasteiger charge is 2.25. The van der Waals surface area contributed by atoms with E-state index in [2.05, 4.69) is 41.6 Å². The molecule has 3 aromatic carbocycles. The topological polar surface area (TPSA) is 100 Å². The first-order chi connectivity index (χ1) is 23.5. The number of alkyl carbamates (subject to hydrolysis) is 1. The molecule has 48 heavy (non-hydrogen) atoms. The molecule has 9 nitrogen and oxygen atoms in total. The van der Waals surface area contributed by atoms with Gasteiger partial charge in [-0.1, -0.05) is 111 Å². The van der Waals surface area contributed by atoms with Crippen LogP contribution >= 0.6 is 0 Å². The molecule has 0 radical (unpaired) electrons. The number of carbonyl (C=O) groups is 3. The summed E-state index contributed by atoms with van der Waals surface area (Å²) in [4.78, 5) is 41.0. The first kappa shape index (κ1) is 38.1. The van der Waals surface area contributed by atoms with E-state index < -0.39 is 18.4 Å². The van der Waals surface area contributed by atoms with E-state index in [9.17, 15) is 14.4 Å². The zero-order valence-corrected chi connectivity index (χ0v) is 28.8. The van der Waals surface area contributed by atoms with Crippen molar-refractivity contribution in [3.05, 3.63) is 107 Å². The molecule has 0 fully saturated rings. The zero-order chi connectivity index (χ0) is 34.2. The number of carbonyl (C=O) groups excluding carboxylic acids is 3. The third-order valence-electron chi connectivity index (χ3n) is 8.23. The lowest BCUT2D eigenvalue weighted by molar-refractivity contribution is -0.111. The van der Waals surface area contributed by atoms with Gasteiger partial charge in [-0.15, -0.1) is 0 Å². The highest BCUT2D eigenvalue weighted by atomic mass is 16.6. The van der Waals surface area contributed by atoms with Crippen molar-refractivity contribution < 1.29 is 23.9 Å². The molecule has 0 unspecified atom stereocenters. The molecule has 0 aliphatic rings. The van der Waals surface area contributed by atoms with E-state index in [0.717, 1.165) is 55.5 Å². The third-order valence-corrected chi connectivity index (χ3v) is 8.23. The quantitative estimate of drug-likeness (QED) is 0.0641. The maximum absolute atomic E-state index is 13.4. The van der Waals surface area contributed by atoms with Crippen LogP contribution in [0.1, 0.15) is 74.1 Å². The summed E-state index contributed by atoms with van der Waals surface area (Å²) in [7, 11) is 2.12. The van der Waals surface area contributed by atoms with Gasteiger partial charge in [-0.05, 0) is 74.5 Å². The number of aryl methyl sites for hydroxylation is 1. The lowest BCUT2D eigenvalue weighted by atomic mass is 10.0. The Morgan fingerprint density at radius 1 is 0.708 bits per heavy atom. The highest BCUT2D eigenvalue weighted by molar-refractivity contribution is 5.68. The number of nitrogens with one attached hydrogen (secondary N) is 2. The SMILES string of the molecule is CCCCCCN(C)CCCN(C(=O)OCc1ccccc1)[C@@H](Cc1ccc(CCCCNC(=O)OCc2ccccc2)cc1)NC=O. The summed E-state index contributed by atoms with van der Waals surface area (Å²) in [5.41, 5.74) is 4.06. The predicted molar refractivity (Wildman–Crippen MR) is 190 cm³/mol. The number of hydrogen-bond donors (Lipinski definition) is 2. The first-order valence-electron chi connectivity index (χ1n) is 17.4. The summed E-state index contributed by atoms with van der Waals surface area (Å²) in [5, 5.41) is 5.69. The van der Waals surface area contributed by atoms with E-state index in [0.29, 0.717) is 25.9 Å². The number of amides is 3. The van der Waals surface area contributed by atoms with Crippen LogP contribution in [-0.2, 0) is 40.3 Å². The second-order valence-electron chi connectivity index (χ2n) is 12.2. The lowest BCUT2D eigenvalue weighted by Crippen LogP contribution is -2.50. The number of nitrogens with zero attached hydrogens (tertiary/aromatic N) is 2. The lowest BCUT2D eigenvalue weighted by Gasteiger charge is -2.31. The molecule has 260 valence electrons. The molecular weight excluding hydrogens is 604 g/mol. The monoisotopic (exact) mass is 658 g/mol. The third kappa shape index (κ3) is 15.5. The van der Waals surface area contributed by atoms with Crippen molar-refractivity contribution in [3.63, 3.8) is 0 Å². The van der Waals surface area contributed by atoms with Gasteiger partial charge in [0.25, 0.3) is 0 Å².